The lowest BCUT2D eigenvalue weighted by molar-refractivity contribution is -0.126. The van der Waals surface area contributed by atoms with E-state index in [9.17, 15) is 9.90 Å². The lowest BCUT2D eigenvalue weighted by Gasteiger charge is -2.34. The van der Waals surface area contributed by atoms with Crippen molar-refractivity contribution < 1.29 is 9.90 Å². The van der Waals surface area contributed by atoms with E-state index in [4.69, 9.17) is 5.26 Å². The fraction of sp³-hybridized carbons (Fsp3) is 0.273. The van der Waals surface area contributed by atoms with Gasteiger partial charge in [0.15, 0.2) is 0 Å². The van der Waals surface area contributed by atoms with E-state index in [-0.39, 0.29) is 24.4 Å². The number of nitrogens with zero attached hydrogens (tertiary/aromatic N) is 1. The summed E-state index contributed by atoms with van der Waals surface area (Å²) in [5, 5.41) is 18.5. The van der Waals surface area contributed by atoms with Crippen LogP contribution in [0.4, 0.5) is 0 Å². The van der Waals surface area contributed by atoms with E-state index in [0.717, 1.165) is 4.47 Å². The number of carbonyl (C=O) groups is 1. The van der Waals surface area contributed by atoms with E-state index >= 15 is 0 Å². The molecule has 1 aliphatic carbocycles. The fourth-order valence-electron chi connectivity index (χ4n) is 1.83. The summed E-state index contributed by atoms with van der Waals surface area (Å²) in [4.78, 5) is 11.0. The van der Waals surface area contributed by atoms with Crippen molar-refractivity contribution >= 4 is 21.7 Å². The third kappa shape index (κ3) is 1.53. The van der Waals surface area contributed by atoms with Crippen LogP contribution in [0.25, 0.3) is 0 Å². The Kier molecular flexibility index (Phi) is 2.28. The first-order valence-electron chi connectivity index (χ1n) is 4.49. The van der Waals surface area contributed by atoms with Crippen LogP contribution in [0.5, 0.6) is 5.75 Å². The number of carbonyl (C=O) groups excluding carboxylic acids is 1. The second-order valence-electron chi connectivity index (χ2n) is 3.75. The molecule has 1 fully saturated rings. The molecular formula is C11H8BrNO2. The number of Topliss-reactive ketones (excluding diaryl/α,β-unsaturated/α-hetero) is 1. The zero-order valence-electron chi connectivity index (χ0n) is 7.83. The van der Waals surface area contributed by atoms with Crippen molar-refractivity contribution in [2.75, 3.05) is 0 Å². The van der Waals surface area contributed by atoms with Crippen LogP contribution < -0.4 is 0 Å². The number of phenols is 1. The molecule has 3 nitrogen and oxygen atoms in total. The van der Waals surface area contributed by atoms with E-state index < -0.39 is 5.41 Å². The molecule has 1 aromatic carbocycles. The molecule has 4 heteroatoms. The van der Waals surface area contributed by atoms with Gasteiger partial charge in [0, 0.05) is 17.3 Å². The summed E-state index contributed by atoms with van der Waals surface area (Å²) in [6.45, 7) is 0. The van der Waals surface area contributed by atoms with Crippen LogP contribution in [0, 0.1) is 11.3 Å². The molecule has 0 aliphatic heterocycles. The second-order valence-corrected chi connectivity index (χ2v) is 4.60. The van der Waals surface area contributed by atoms with Crippen LogP contribution in [-0.2, 0) is 10.2 Å². The van der Waals surface area contributed by atoms with E-state index in [2.05, 4.69) is 22.0 Å². The summed E-state index contributed by atoms with van der Waals surface area (Å²) < 4.78 is 0.759. The van der Waals surface area contributed by atoms with Gasteiger partial charge in [-0.1, -0.05) is 15.9 Å². The predicted octanol–water partition coefficient (Wildman–Crippen LogP) is 2.28. The van der Waals surface area contributed by atoms with Crippen LogP contribution in [-0.4, -0.2) is 10.9 Å². The lowest BCUT2D eigenvalue weighted by Crippen LogP contribution is -2.40. The first kappa shape index (κ1) is 10.2. The minimum absolute atomic E-state index is 0.0896. The minimum atomic E-state index is -0.741. The van der Waals surface area contributed by atoms with Gasteiger partial charge in [-0.25, -0.2) is 0 Å². The number of aromatic hydroxyl groups is 1. The van der Waals surface area contributed by atoms with Gasteiger partial charge in [0.05, 0.1) is 11.5 Å². The molecule has 1 N–H and O–H groups in total. The Hall–Kier alpha value is -1.34. The van der Waals surface area contributed by atoms with Crippen molar-refractivity contribution in [2.45, 2.75) is 18.3 Å². The number of phenolic OH excluding ortho intramolecular Hbond substituents is 1. The standard InChI is InChI=1S/C11H8BrNO2/c12-10-2-1-7(14)3-9(10)11(6-13)4-8(15)5-11/h1-3,14H,4-5H2. The maximum atomic E-state index is 11.0. The minimum Gasteiger partial charge on any atom is -0.508 e. The monoisotopic (exact) mass is 265 g/mol. The molecule has 1 aliphatic rings. The molecule has 0 heterocycles. The Balaban J connectivity index is 2.49. The SMILES string of the molecule is N#CC1(c2cc(O)ccc2Br)CC(=O)C1. The number of halogens is 1. The van der Waals surface area contributed by atoms with Gasteiger partial charge in [0.25, 0.3) is 0 Å². The number of ketones is 1. The summed E-state index contributed by atoms with van der Waals surface area (Å²) in [6.07, 6.45) is 0.483. The third-order valence-corrected chi connectivity index (χ3v) is 3.37. The Labute approximate surface area is 95.5 Å². The van der Waals surface area contributed by atoms with E-state index in [1.807, 2.05) is 0 Å². The second kappa shape index (κ2) is 3.35. The number of benzene rings is 1. The quantitative estimate of drug-likeness (QED) is 0.848. The highest BCUT2D eigenvalue weighted by molar-refractivity contribution is 9.10. The van der Waals surface area contributed by atoms with Gasteiger partial charge in [-0.15, -0.1) is 0 Å². The van der Waals surface area contributed by atoms with Gasteiger partial charge in [0.1, 0.15) is 11.5 Å². The number of nitriles is 1. The zero-order chi connectivity index (χ0) is 11.1. The average molecular weight is 266 g/mol. The van der Waals surface area contributed by atoms with Crippen molar-refractivity contribution in [2.24, 2.45) is 0 Å². The van der Waals surface area contributed by atoms with Crippen LogP contribution in [0.1, 0.15) is 18.4 Å². The average Bonchev–Trinajstić information content (AvgIpc) is 2.17. The van der Waals surface area contributed by atoms with Gasteiger partial charge in [0.2, 0.25) is 0 Å². The zero-order valence-corrected chi connectivity index (χ0v) is 9.41. The summed E-state index contributed by atoms with van der Waals surface area (Å²) in [5.74, 6) is 0.203. The third-order valence-electron chi connectivity index (χ3n) is 2.68. The van der Waals surface area contributed by atoms with E-state index in [0.29, 0.717) is 5.56 Å². The van der Waals surface area contributed by atoms with Crippen LogP contribution in [0.3, 0.4) is 0 Å². The summed E-state index contributed by atoms with van der Waals surface area (Å²) in [6, 6.07) is 6.94. The summed E-state index contributed by atoms with van der Waals surface area (Å²) >= 11 is 3.33. The molecule has 0 saturated heterocycles. The molecule has 0 spiro atoms. The topological polar surface area (TPSA) is 61.1 Å². The molecule has 0 unspecified atom stereocenters. The molecule has 0 atom stereocenters. The van der Waals surface area contributed by atoms with Crippen molar-refractivity contribution in [1.82, 2.24) is 0 Å². The first-order chi connectivity index (χ1) is 7.07. The smallest absolute Gasteiger partial charge is 0.136 e. The van der Waals surface area contributed by atoms with Crippen molar-refractivity contribution in [3.8, 4) is 11.8 Å². The van der Waals surface area contributed by atoms with Gasteiger partial charge in [-0.3, -0.25) is 4.79 Å². The van der Waals surface area contributed by atoms with Gasteiger partial charge < -0.3 is 5.11 Å². The highest BCUT2D eigenvalue weighted by Gasteiger charge is 2.46. The predicted molar refractivity (Wildman–Crippen MR) is 57.3 cm³/mol. The molecule has 0 bridgehead atoms. The molecule has 15 heavy (non-hydrogen) atoms. The maximum Gasteiger partial charge on any atom is 0.136 e. The Morgan fingerprint density at radius 3 is 2.67 bits per heavy atom. The fourth-order valence-corrected chi connectivity index (χ4v) is 2.46. The number of rotatable bonds is 1. The largest absolute Gasteiger partial charge is 0.508 e. The highest BCUT2D eigenvalue weighted by Crippen LogP contribution is 2.44. The summed E-state index contributed by atoms with van der Waals surface area (Å²) in [7, 11) is 0. The molecule has 1 aromatic rings. The van der Waals surface area contributed by atoms with Crippen molar-refractivity contribution in [1.29, 1.82) is 5.26 Å². The molecule has 2 rings (SSSR count). The maximum absolute atomic E-state index is 11.0. The van der Waals surface area contributed by atoms with Gasteiger partial charge in [-0.2, -0.15) is 5.26 Å². The summed E-state index contributed by atoms with van der Waals surface area (Å²) in [5.41, 5.74) is -0.0427. The van der Waals surface area contributed by atoms with Crippen LogP contribution in [0.15, 0.2) is 22.7 Å². The Morgan fingerprint density at radius 2 is 2.13 bits per heavy atom. The molecule has 1 saturated carbocycles. The van der Waals surface area contributed by atoms with Crippen LogP contribution in [0.2, 0.25) is 0 Å². The normalized spacial score (nSPS) is 18.0. The number of hydrogen-bond donors (Lipinski definition) is 1. The molecule has 0 radical (unpaired) electrons. The highest BCUT2D eigenvalue weighted by atomic mass is 79.9. The number of hydrogen-bond acceptors (Lipinski definition) is 3. The lowest BCUT2D eigenvalue weighted by atomic mass is 9.65. The Morgan fingerprint density at radius 1 is 1.47 bits per heavy atom. The first-order valence-corrected chi connectivity index (χ1v) is 5.29. The van der Waals surface area contributed by atoms with E-state index in [1.54, 1.807) is 18.2 Å². The van der Waals surface area contributed by atoms with E-state index in [1.165, 1.54) is 0 Å². The molecule has 0 aromatic heterocycles. The van der Waals surface area contributed by atoms with Crippen molar-refractivity contribution in [3.05, 3.63) is 28.2 Å². The van der Waals surface area contributed by atoms with Crippen LogP contribution >= 0.6 is 15.9 Å². The van der Waals surface area contributed by atoms with Gasteiger partial charge in [-0.05, 0) is 23.8 Å². The van der Waals surface area contributed by atoms with Gasteiger partial charge >= 0.3 is 0 Å². The molecule has 0 amide bonds. The molecule has 76 valence electrons. The Bertz CT molecular complexity index is 468. The molecular weight excluding hydrogens is 258 g/mol. The van der Waals surface area contributed by atoms with Crippen molar-refractivity contribution in [3.63, 3.8) is 0 Å².